The van der Waals surface area contributed by atoms with E-state index >= 15 is 0 Å². The Labute approximate surface area is 160 Å². The Bertz CT molecular complexity index is 664. The summed E-state index contributed by atoms with van der Waals surface area (Å²) in [5, 5.41) is 1.03. The van der Waals surface area contributed by atoms with Gasteiger partial charge in [-0.05, 0) is 36.0 Å². The third kappa shape index (κ3) is 4.39. The van der Waals surface area contributed by atoms with Gasteiger partial charge in [-0.2, -0.15) is 0 Å². The van der Waals surface area contributed by atoms with Crippen LogP contribution in [0.1, 0.15) is 32.3 Å². The topological polar surface area (TPSA) is 23.6 Å². The number of likely N-dealkylation sites (tertiary alicyclic amines) is 1. The summed E-state index contributed by atoms with van der Waals surface area (Å²) >= 11 is 12.1. The van der Waals surface area contributed by atoms with Crippen molar-refractivity contribution in [3.05, 3.63) is 46.0 Å². The van der Waals surface area contributed by atoms with Crippen LogP contribution in [0.2, 0.25) is 10.0 Å². The maximum atomic E-state index is 13.1. The summed E-state index contributed by atoms with van der Waals surface area (Å²) < 4.78 is 0. The number of amides is 1. The number of halogens is 2. The first-order valence-electron chi connectivity index (χ1n) is 8.97. The Morgan fingerprint density at radius 2 is 1.92 bits per heavy atom. The molecule has 3 rings (SSSR count). The highest BCUT2D eigenvalue weighted by molar-refractivity contribution is 6.42. The molecule has 1 aromatic rings. The van der Waals surface area contributed by atoms with Crippen LogP contribution in [-0.2, 0) is 11.2 Å². The van der Waals surface area contributed by atoms with Crippen molar-refractivity contribution in [2.75, 3.05) is 26.2 Å². The Kier molecular flexibility index (Phi) is 5.77. The lowest BCUT2D eigenvalue weighted by Crippen LogP contribution is -2.57. The molecule has 3 nitrogen and oxygen atoms in total. The molecule has 2 aliphatic rings. The number of nitrogens with zero attached hydrogens (tertiary/aromatic N) is 2. The first-order chi connectivity index (χ1) is 11.9. The van der Waals surface area contributed by atoms with Crippen molar-refractivity contribution >= 4 is 29.1 Å². The first kappa shape index (κ1) is 18.8. The Morgan fingerprint density at radius 1 is 1.20 bits per heavy atom. The fourth-order valence-electron chi connectivity index (χ4n) is 3.93. The predicted octanol–water partition coefficient (Wildman–Crippen LogP) is 4.42. The van der Waals surface area contributed by atoms with Crippen LogP contribution in [-0.4, -0.2) is 47.9 Å². The highest BCUT2D eigenvalue weighted by Crippen LogP contribution is 2.36. The van der Waals surface area contributed by atoms with E-state index < -0.39 is 0 Å². The molecule has 1 saturated heterocycles. The molecule has 0 aromatic heterocycles. The van der Waals surface area contributed by atoms with Gasteiger partial charge in [-0.25, -0.2) is 0 Å². The summed E-state index contributed by atoms with van der Waals surface area (Å²) in [5.41, 5.74) is 1.05. The fourth-order valence-corrected chi connectivity index (χ4v) is 4.26. The van der Waals surface area contributed by atoms with Gasteiger partial charge in [0.2, 0.25) is 5.91 Å². The summed E-state index contributed by atoms with van der Waals surface area (Å²) in [6, 6.07) is 5.70. The molecule has 1 fully saturated rings. The second kappa shape index (κ2) is 7.69. The van der Waals surface area contributed by atoms with Gasteiger partial charge in [0, 0.05) is 32.2 Å². The zero-order valence-electron chi connectivity index (χ0n) is 15.0. The molecule has 1 aromatic carbocycles. The zero-order valence-corrected chi connectivity index (χ0v) is 16.5. The first-order valence-corrected chi connectivity index (χ1v) is 9.73. The van der Waals surface area contributed by atoms with Gasteiger partial charge < -0.3 is 4.90 Å². The Balaban J connectivity index is 1.74. The van der Waals surface area contributed by atoms with Crippen molar-refractivity contribution in [1.29, 1.82) is 0 Å². The van der Waals surface area contributed by atoms with E-state index in [0.717, 1.165) is 44.6 Å². The van der Waals surface area contributed by atoms with Crippen molar-refractivity contribution < 1.29 is 4.79 Å². The molecule has 5 heteroatoms. The maximum absolute atomic E-state index is 13.1. The minimum Gasteiger partial charge on any atom is -0.338 e. The summed E-state index contributed by atoms with van der Waals surface area (Å²) in [7, 11) is 0. The second-order valence-electron chi connectivity index (χ2n) is 7.81. The number of hydrogen-bond acceptors (Lipinski definition) is 2. The quantitative estimate of drug-likeness (QED) is 0.721. The molecule has 0 radical (unpaired) electrons. The molecule has 0 spiro atoms. The number of rotatable bonds is 4. The van der Waals surface area contributed by atoms with E-state index in [4.69, 9.17) is 23.2 Å². The van der Waals surface area contributed by atoms with Crippen molar-refractivity contribution in [3.8, 4) is 0 Å². The lowest BCUT2D eigenvalue weighted by molar-refractivity contribution is -0.138. The minimum atomic E-state index is 0.133. The normalized spacial score (nSPS) is 23.2. The van der Waals surface area contributed by atoms with Crippen LogP contribution < -0.4 is 0 Å². The lowest BCUT2D eigenvalue weighted by Gasteiger charge is -2.48. The van der Waals surface area contributed by atoms with Gasteiger partial charge in [-0.3, -0.25) is 9.69 Å². The SMILES string of the molecule is CC1(C)CCCN(C(=O)Cc2ccc(Cl)c(Cl)c2)C1CN1CC=CC1. The molecule has 0 bridgehead atoms. The highest BCUT2D eigenvalue weighted by Gasteiger charge is 2.40. The van der Waals surface area contributed by atoms with Crippen molar-refractivity contribution in [2.24, 2.45) is 5.41 Å². The summed E-state index contributed by atoms with van der Waals surface area (Å²) in [6.45, 7) is 8.34. The van der Waals surface area contributed by atoms with Gasteiger partial charge >= 0.3 is 0 Å². The van der Waals surface area contributed by atoms with Crippen LogP contribution in [0.25, 0.3) is 0 Å². The summed E-state index contributed by atoms with van der Waals surface area (Å²) in [5.74, 6) is 0.184. The van der Waals surface area contributed by atoms with E-state index in [-0.39, 0.29) is 17.4 Å². The van der Waals surface area contributed by atoms with E-state index in [0.29, 0.717) is 16.5 Å². The third-order valence-electron chi connectivity index (χ3n) is 5.48. The fraction of sp³-hybridized carbons (Fsp3) is 0.550. The third-order valence-corrected chi connectivity index (χ3v) is 6.22. The van der Waals surface area contributed by atoms with E-state index in [1.54, 1.807) is 12.1 Å². The monoisotopic (exact) mass is 380 g/mol. The van der Waals surface area contributed by atoms with Crippen LogP contribution in [0, 0.1) is 5.41 Å². The number of hydrogen-bond donors (Lipinski definition) is 0. The molecular weight excluding hydrogens is 355 g/mol. The van der Waals surface area contributed by atoms with Gasteiger partial charge in [-0.15, -0.1) is 0 Å². The highest BCUT2D eigenvalue weighted by atomic mass is 35.5. The number of benzene rings is 1. The van der Waals surface area contributed by atoms with Crippen LogP contribution in [0.15, 0.2) is 30.4 Å². The van der Waals surface area contributed by atoms with Gasteiger partial charge in [0.05, 0.1) is 16.5 Å². The standard InChI is InChI=1S/C20H26Cl2N2O/c1-20(2)8-5-11-24(18(20)14-23-9-3-4-10-23)19(25)13-15-6-7-16(21)17(22)12-15/h3-4,6-7,12,18H,5,8-11,13-14H2,1-2H3. The molecule has 0 saturated carbocycles. The van der Waals surface area contributed by atoms with Crippen LogP contribution in [0.5, 0.6) is 0 Å². The second-order valence-corrected chi connectivity index (χ2v) is 8.62. The Morgan fingerprint density at radius 3 is 2.60 bits per heavy atom. The van der Waals surface area contributed by atoms with Gasteiger partial charge in [0.1, 0.15) is 0 Å². The molecule has 1 unspecified atom stereocenters. The number of carbonyl (C=O) groups is 1. The molecule has 2 heterocycles. The average molecular weight is 381 g/mol. The molecule has 1 amide bonds. The maximum Gasteiger partial charge on any atom is 0.227 e. The smallest absolute Gasteiger partial charge is 0.227 e. The largest absolute Gasteiger partial charge is 0.338 e. The van der Waals surface area contributed by atoms with Crippen molar-refractivity contribution in [1.82, 2.24) is 9.80 Å². The number of carbonyl (C=O) groups excluding carboxylic acids is 1. The summed E-state index contributed by atoms with van der Waals surface area (Å²) in [6.07, 6.45) is 7.02. The van der Waals surface area contributed by atoms with E-state index in [1.165, 1.54) is 0 Å². The summed E-state index contributed by atoms with van der Waals surface area (Å²) in [4.78, 5) is 17.6. The number of piperidine rings is 1. The van der Waals surface area contributed by atoms with Gasteiger partial charge in [0.15, 0.2) is 0 Å². The van der Waals surface area contributed by atoms with Gasteiger partial charge in [0.25, 0.3) is 0 Å². The van der Waals surface area contributed by atoms with Crippen LogP contribution in [0.4, 0.5) is 0 Å². The molecule has 1 atom stereocenters. The minimum absolute atomic E-state index is 0.133. The Hall–Kier alpha value is -1.03. The lowest BCUT2D eigenvalue weighted by atomic mass is 9.76. The van der Waals surface area contributed by atoms with Gasteiger partial charge in [-0.1, -0.05) is 55.3 Å². The predicted molar refractivity (Wildman–Crippen MR) is 104 cm³/mol. The molecular formula is C20H26Cl2N2O. The molecule has 136 valence electrons. The molecule has 0 aliphatic carbocycles. The molecule has 0 N–H and O–H groups in total. The van der Waals surface area contributed by atoms with E-state index in [1.807, 2.05) is 6.07 Å². The van der Waals surface area contributed by atoms with E-state index in [9.17, 15) is 4.79 Å². The van der Waals surface area contributed by atoms with Crippen molar-refractivity contribution in [2.45, 2.75) is 39.2 Å². The molecule has 25 heavy (non-hydrogen) atoms. The van der Waals surface area contributed by atoms with E-state index in [2.05, 4.69) is 35.8 Å². The zero-order chi connectivity index (χ0) is 18.0. The van der Waals surface area contributed by atoms with Crippen LogP contribution in [0.3, 0.4) is 0 Å². The van der Waals surface area contributed by atoms with Crippen LogP contribution >= 0.6 is 23.2 Å². The van der Waals surface area contributed by atoms with Crippen molar-refractivity contribution in [3.63, 3.8) is 0 Å². The molecule has 2 aliphatic heterocycles. The average Bonchev–Trinajstić information content (AvgIpc) is 3.06.